The molecule has 2 fully saturated rings. The lowest BCUT2D eigenvalue weighted by Gasteiger charge is -2.41. The van der Waals surface area contributed by atoms with E-state index >= 15 is 0 Å². The zero-order valence-electron chi connectivity index (χ0n) is 15.9. The second-order valence-corrected chi connectivity index (χ2v) is 9.38. The van der Waals surface area contributed by atoms with Gasteiger partial charge in [0.05, 0.1) is 11.7 Å². The summed E-state index contributed by atoms with van der Waals surface area (Å²) in [6.45, 7) is 7.25. The summed E-state index contributed by atoms with van der Waals surface area (Å²) in [4.78, 5) is 36.0. The van der Waals surface area contributed by atoms with Crippen molar-refractivity contribution in [1.82, 2.24) is 9.88 Å². The van der Waals surface area contributed by atoms with E-state index < -0.39 is 5.60 Å². The molecule has 3 heterocycles. The molecule has 4 rings (SSSR count). The summed E-state index contributed by atoms with van der Waals surface area (Å²) in [6, 6.07) is 2.17. The van der Waals surface area contributed by atoms with Gasteiger partial charge in [0, 0.05) is 42.8 Å². The van der Waals surface area contributed by atoms with Crippen molar-refractivity contribution in [1.29, 1.82) is 0 Å². The van der Waals surface area contributed by atoms with E-state index in [2.05, 4.69) is 25.8 Å². The third-order valence-corrected chi connectivity index (χ3v) is 5.50. The highest BCUT2D eigenvalue weighted by Gasteiger charge is 2.43. The number of ether oxygens (including phenoxy) is 1. The molecule has 8 heteroatoms. The second-order valence-electron chi connectivity index (χ2n) is 8.47. The van der Waals surface area contributed by atoms with E-state index in [0.29, 0.717) is 26.1 Å². The zero-order chi connectivity index (χ0) is 19.3. The third-order valence-electron chi connectivity index (χ3n) is 5.07. The summed E-state index contributed by atoms with van der Waals surface area (Å²) < 4.78 is 6.39. The summed E-state index contributed by atoms with van der Waals surface area (Å²) in [7, 11) is 0. The first-order chi connectivity index (χ1) is 12.7. The minimum Gasteiger partial charge on any atom is -0.444 e. The molecule has 0 radical (unpaired) electrons. The van der Waals surface area contributed by atoms with E-state index in [1.807, 2.05) is 31.7 Å². The molecule has 2 amide bonds. The van der Waals surface area contributed by atoms with Gasteiger partial charge in [-0.2, -0.15) is 0 Å². The van der Waals surface area contributed by atoms with Crippen LogP contribution >= 0.6 is 15.9 Å². The Kier molecular flexibility index (Phi) is 4.56. The lowest BCUT2D eigenvalue weighted by Crippen LogP contribution is -2.56. The predicted octanol–water partition coefficient (Wildman–Crippen LogP) is 3.17. The fourth-order valence-corrected chi connectivity index (χ4v) is 4.11. The number of amides is 2. The highest BCUT2D eigenvalue weighted by Crippen LogP contribution is 2.42. The lowest BCUT2D eigenvalue weighted by atomic mass is 10.1. The van der Waals surface area contributed by atoms with Gasteiger partial charge in [-0.25, -0.2) is 9.78 Å². The molecule has 1 aliphatic carbocycles. The van der Waals surface area contributed by atoms with Crippen LogP contribution in [0.3, 0.4) is 0 Å². The molecule has 2 aliphatic heterocycles. The number of carbonyl (C=O) groups excluding carboxylic acids is 2. The molecule has 0 N–H and O–H groups in total. The Morgan fingerprint density at radius 3 is 2.67 bits per heavy atom. The van der Waals surface area contributed by atoms with E-state index in [0.717, 1.165) is 28.8 Å². The summed E-state index contributed by atoms with van der Waals surface area (Å²) in [5.41, 5.74) is 0.349. The smallest absolute Gasteiger partial charge is 0.410 e. The maximum Gasteiger partial charge on any atom is 0.410 e. The Labute approximate surface area is 167 Å². The lowest BCUT2D eigenvalue weighted by molar-refractivity contribution is -0.119. The molecular weight excluding hydrogens is 412 g/mol. The van der Waals surface area contributed by atoms with Crippen molar-refractivity contribution in [3.05, 3.63) is 16.7 Å². The molecule has 1 aromatic rings. The van der Waals surface area contributed by atoms with Gasteiger partial charge in [0.2, 0.25) is 5.91 Å². The van der Waals surface area contributed by atoms with Crippen LogP contribution in [-0.2, 0) is 9.53 Å². The van der Waals surface area contributed by atoms with Crippen molar-refractivity contribution in [3.8, 4) is 0 Å². The number of piperazine rings is 1. The van der Waals surface area contributed by atoms with Gasteiger partial charge in [-0.1, -0.05) is 0 Å². The molecule has 146 valence electrons. The molecule has 1 atom stereocenters. The van der Waals surface area contributed by atoms with Crippen LogP contribution in [0.4, 0.5) is 16.3 Å². The van der Waals surface area contributed by atoms with E-state index in [1.54, 1.807) is 11.1 Å². The van der Waals surface area contributed by atoms with Crippen molar-refractivity contribution in [2.24, 2.45) is 0 Å². The van der Waals surface area contributed by atoms with Gasteiger partial charge in [-0.05, 0) is 55.6 Å². The van der Waals surface area contributed by atoms with Crippen LogP contribution in [0, 0.1) is 0 Å². The number of hydrogen-bond acceptors (Lipinski definition) is 5. The van der Waals surface area contributed by atoms with E-state index in [-0.39, 0.29) is 24.1 Å². The first-order valence-corrected chi connectivity index (χ1v) is 10.2. The fourth-order valence-electron chi connectivity index (χ4n) is 3.79. The Morgan fingerprint density at radius 1 is 1.26 bits per heavy atom. The molecule has 3 aliphatic rings. The number of anilines is 2. The summed E-state index contributed by atoms with van der Waals surface area (Å²) in [5, 5.41) is 0. The monoisotopic (exact) mass is 436 g/mol. The van der Waals surface area contributed by atoms with E-state index in [9.17, 15) is 9.59 Å². The van der Waals surface area contributed by atoms with Crippen LogP contribution in [0.5, 0.6) is 0 Å². The van der Waals surface area contributed by atoms with Crippen molar-refractivity contribution < 1.29 is 14.3 Å². The summed E-state index contributed by atoms with van der Waals surface area (Å²) in [5.74, 6) is 0.946. The standard InChI is InChI=1S/C19H25BrN4O3/c1-19(2,3)27-18(26)22-6-7-23-14(11-22)9-16(25)24(13-4-5-13)15-8-12(20)10-21-17(15)23/h8,10,13-14H,4-7,9,11H2,1-3H3. The van der Waals surface area contributed by atoms with Crippen LogP contribution in [0.15, 0.2) is 16.7 Å². The quantitative estimate of drug-likeness (QED) is 0.676. The van der Waals surface area contributed by atoms with Gasteiger partial charge in [-0.15, -0.1) is 0 Å². The minimum absolute atomic E-state index is 0.0880. The minimum atomic E-state index is -0.531. The van der Waals surface area contributed by atoms with Gasteiger partial charge < -0.3 is 19.4 Å². The fraction of sp³-hybridized carbons (Fsp3) is 0.632. The zero-order valence-corrected chi connectivity index (χ0v) is 17.5. The Bertz CT molecular complexity index is 775. The van der Waals surface area contributed by atoms with Crippen LogP contribution < -0.4 is 9.80 Å². The maximum absolute atomic E-state index is 13.1. The summed E-state index contributed by atoms with van der Waals surface area (Å²) in [6.07, 6.45) is 3.90. The molecule has 0 bridgehead atoms. The highest BCUT2D eigenvalue weighted by molar-refractivity contribution is 9.10. The molecule has 1 saturated heterocycles. The van der Waals surface area contributed by atoms with Gasteiger partial charge in [0.15, 0.2) is 5.82 Å². The van der Waals surface area contributed by atoms with Crippen molar-refractivity contribution in [2.75, 3.05) is 29.4 Å². The first kappa shape index (κ1) is 18.5. The number of rotatable bonds is 1. The van der Waals surface area contributed by atoms with Crippen molar-refractivity contribution >= 4 is 39.4 Å². The number of carbonyl (C=O) groups is 2. The normalized spacial score (nSPS) is 22.9. The Hall–Kier alpha value is -1.83. The third kappa shape index (κ3) is 3.77. The maximum atomic E-state index is 13.1. The van der Waals surface area contributed by atoms with Crippen molar-refractivity contribution in [2.45, 2.75) is 57.7 Å². The molecule has 0 aromatic carbocycles. The van der Waals surface area contributed by atoms with Gasteiger partial charge in [0.1, 0.15) is 5.60 Å². The topological polar surface area (TPSA) is 66.0 Å². The molecule has 27 heavy (non-hydrogen) atoms. The second kappa shape index (κ2) is 6.65. The number of fused-ring (bicyclic) bond motifs is 3. The Balaban J connectivity index is 1.62. The number of nitrogens with zero attached hydrogens (tertiary/aromatic N) is 4. The predicted molar refractivity (Wildman–Crippen MR) is 106 cm³/mol. The van der Waals surface area contributed by atoms with Crippen LogP contribution in [0.2, 0.25) is 0 Å². The van der Waals surface area contributed by atoms with Gasteiger partial charge in [0.25, 0.3) is 0 Å². The van der Waals surface area contributed by atoms with Crippen molar-refractivity contribution in [3.63, 3.8) is 0 Å². The Morgan fingerprint density at radius 2 is 2.00 bits per heavy atom. The molecule has 7 nitrogen and oxygen atoms in total. The van der Waals surface area contributed by atoms with Gasteiger partial charge >= 0.3 is 6.09 Å². The average Bonchev–Trinajstić information content (AvgIpc) is 3.39. The highest BCUT2D eigenvalue weighted by atomic mass is 79.9. The molecule has 1 aromatic heterocycles. The van der Waals surface area contributed by atoms with Gasteiger partial charge in [-0.3, -0.25) is 4.79 Å². The van der Waals surface area contributed by atoms with Crippen LogP contribution in [0.25, 0.3) is 0 Å². The van der Waals surface area contributed by atoms with E-state index in [4.69, 9.17) is 4.74 Å². The number of pyridine rings is 1. The van der Waals surface area contributed by atoms with Crippen LogP contribution in [0.1, 0.15) is 40.0 Å². The molecule has 0 spiro atoms. The largest absolute Gasteiger partial charge is 0.444 e. The molecule has 1 saturated carbocycles. The summed E-state index contributed by atoms with van der Waals surface area (Å²) >= 11 is 3.49. The SMILES string of the molecule is CC(C)(C)OC(=O)N1CCN2c3ncc(Br)cc3N(C3CC3)C(=O)CC2C1. The number of aromatic nitrogens is 1. The van der Waals surface area contributed by atoms with Crippen LogP contribution in [-0.4, -0.2) is 59.2 Å². The average molecular weight is 437 g/mol. The first-order valence-electron chi connectivity index (χ1n) is 9.45. The number of hydrogen-bond donors (Lipinski definition) is 0. The molecule has 1 unspecified atom stereocenters. The number of halogens is 1. The van der Waals surface area contributed by atoms with E-state index in [1.165, 1.54) is 0 Å². The molecular formula is C19H25BrN4O3.